The third-order valence-corrected chi connectivity index (χ3v) is 4.27. The van der Waals surface area contributed by atoms with Crippen LogP contribution in [0.5, 0.6) is 0 Å². The molecule has 0 radical (unpaired) electrons. The molecule has 2 rings (SSSR count). The van der Waals surface area contributed by atoms with E-state index in [0.717, 1.165) is 15.6 Å². The monoisotopic (exact) mass is 335 g/mol. The van der Waals surface area contributed by atoms with Crippen molar-refractivity contribution in [1.29, 1.82) is 0 Å². The van der Waals surface area contributed by atoms with E-state index in [-0.39, 0.29) is 11.9 Å². The lowest BCUT2D eigenvalue weighted by atomic mass is 9.94. The number of halogens is 2. The first kappa shape index (κ1) is 15.2. The van der Waals surface area contributed by atoms with E-state index in [1.165, 1.54) is 5.56 Å². The molecular weight excluding hydrogens is 317 g/mol. The molecule has 1 atom stereocenters. The Labute approximate surface area is 128 Å². The zero-order chi connectivity index (χ0) is 14.9. The van der Waals surface area contributed by atoms with Crippen LogP contribution in [0.1, 0.15) is 33.9 Å². The van der Waals surface area contributed by atoms with E-state index in [2.05, 4.69) is 46.4 Å². The largest absolute Gasteiger partial charge is 0.309 e. The van der Waals surface area contributed by atoms with Gasteiger partial charge in [0.25, 0.3) is 0 Å². The summed E-state index contributed by atoms with van der Waals surface area (Å²) in [6, 6.07) is 10.2. The molecule has 20 heavy (non-hydrogen) atoms. The van der Waals surface area contributed by atoms with Gasteiger partial charge in [0.05, 0.1) is 6.04 Å². The Bertz CT molecular complexity index is 614. The van der Waals surface area contributed by atoms with E-state index in [1.807, 2.05) is 33.0 Å². The number of hydrogen-bond acceptors (Lipinski definition) is 1. The highest BCUT2D eigenvalue weighted by molar-refractivity contribution is 9.10. The van der Waals surface area contributed by atoms with Gasteiger partial charge in [0.2, 0.25) is 0 Å². The van der Waals surface area contributed by atoms with Crippen molar-refractivity contribution in [1.82, 2.24) is 5.32 Å². The Balaban J connectivity index is 2.55. The van der Waals surface area contributed by atoms with Gasteiger partial charge in [0.15, 0.2) is 0 Å². The Morgan fingerprint density at radius 3 is 2.20 bits per heavy atom. The van der Waals surface area contributed by atoms with Crippen LogP contribution >= 0.6 is 15.9 Å². The second kappa shape index (κ2) is 6.06. The van der Waals surface area contributed by atoms with Gasteiger partial charge in [-0.2, -0.15) is 0 Å². The first-order chi connectivity index (χ1) is 9.43. The second-order valence-corrected chi connectivity index (χ2v) is 6.07. The predicted molar refractivity (Wildman–Crippen MR) is 85.7 cm³/mol. The molecule has 1 unspecified atom stereocenters. The molecule has 0 aliphatic heterocycles. The normalized spacial score (nSPS) is 12.5. The maximum atomic E-state index is 13.8. The van der Waals surface area contributed by atoms with Crippen LogP contribution in [0.2, 0.25) is 0 Å². The van der Waals surface area contributed by atoms with Gasteiger partial charge in [-0.25, -0.2) is 4.39 Å². The van der Waals surface area contributed by atoms with Gasteiger partial charge in [0, 0.05) is 4.47 Å². The van der Waals surface area contributed by atoms with Crippen LogP contribution in [0.15, 0.2) is 34.8 Å². The highest BCUT2D eigenvalue weighted by atomic mass is 79.9. The summed E-state index contributed by atoms with van der Waals surface area (Å²) in [7, 11) is 1.92. The summed E-state index contributed by atoms with van der Waals surface area (Å²) in [6.45, 7) is 5.69. The molecule has 0 saturated carbocycles. The highest BCUT2D eigenvalue weighted by Gasteiger charge is 2.17. The van der Waals surface area contributed by atoms with Crippen molar-refractivity contribution in [2.75, 3.05) is 7.05 Å². The predicted octanol–water partition coefficient (Wildman–Crippen LogP) is 4.82. The summed E-state index contributed by atoms with van der Waals surface area (Å²) in [4.78, 5) is 0. The van der Waals surface area contributed by atoms with Crippen molar-refractivity contribution >= 4 is 15.9 Å². The number of aryl methyl sites for hydroxylation is 3. The minimum Gasteiger partial charge on any atom is -0.309 e. The molecule has 1 N–H and O–H groups in total. The molecule has 3 heteroatoms. The van der Waals surface area contributed by atoms with Crippen molar-refractivity contribution in [3.63, 3.8) is 0 Å². The Kier molecular flexibility index (Phi) is 4.61. The van der Waals surface area contributed by atoms with Crippen LogP contribution in [0.4, 0.5) is 4.39 Å². The molecule has 0 heterocycles. The highest BCUT2D eigenvalue weighted by Crippen LogP contribution is 2.31. The Morgan fingerprint density at radius 2 is 1.65 bits per heavy atom. The second-order valence-electron chi connectivity index (χ2n) is 5.22. The molecule has 2 aromatic rings. The van der Waals surface area contributed by atoms with Crippen LogP contribution < -0.4 is 5.32 Å². The van der Waals surface area contributed by atoms with Gasteiger partial charge in [-0.1, -0.05) is 45.8 Å². The molecule has 0 amide bonds. The van der Waals surface area contributed by atoms with Crippen LogP contribution in [-0.2, 0) is 0 Å². The summed E-state index contributed by atoms with van der Waals surface area (Å²) < 4.78 is 14.9. The van der Waals surface area contributed by atoms with Crippen molar-refractivity contribution < 1.29 is 4.39 Å². The summed E-state index contributed by atoms with van der Waals surface area (Å²) in [5.41, 5.74) is 4.82. The minimum absolute atomic E-state index is 0.0438. The molecule has 0 aliphatic carbocycles. The molecule has 0 aliphatic rings. The first-order valence-electron chi connectivity index (χ1n) is 6.64. The maximum absolute atomic E-state index is 13.8. The zero-order valence-electron chi connectivity index (χ0n) is 12.2. The lowest BCUT2D eigenvalue weighted by molar-refractivity contribution is 0.604. The fraction of sp³-hybridized carbons (Fsp3) is 0.294. The van der Waals surface area contributed by atoms with E-state index in [4.69, 9.17) is 0 Å². The number of rotatable bonds is 3. The Hall–Kier alpha value is -1.19. The average molecular weight is 336 g/mol. The molecule has 2 aromatic carbocycles. The van der Waals surface area contributed by atoms with Gasteiger partial charge >= 0.3 is 0 Å². The molecular formula is C17H19BrFN. The number of hydrogen-bond donors (Lipinski definition) is 1. The van der Waals surface area contributed by atoms with E-state index in [0.29, 0.717) is 11.1 Å². The summed E-state index contributed by atoms with van der Waals surface area (Å²) >= 11 is 3.61. The van der Waals surface area contributed by atoms with Gasteiger partial charge in [0.1, 0.15) is 5.82 Å². The maximum Gasteiger partial charge on any atom is 0.129 e. The zero-order valence-corrected chi connectivity index (χ0v) is 13.8. The van der Waals surface area contributed by atoms with E-state index < -0.39 is 0 Å². The molecule has 106 valence electrons. The number of benzene rings is 2. The summed E-state index contributed by atoms with van der Waals surface area (Å²) in [6.07, 6.45) is 0. The van der Waals surface area contributed by atoms with Crippen molar-refractivity contribution in [3.05, 3.63) is 68.4 Å². The van der Waals surface area contributed by atoms with Crippen molar-refractivity contribution in [2.45, 2.75) is 26.8 Å². The average Bonchev–Trinajstić information content (AvgIpc) is 2.40. The van der Waals surface area contributed by atoms with E-state index in [1.54, 1.807) is 0 Å². The molecule has 0 saturated heterocycles. The SMILES string of the molecule is CNC(c1cc(C)c(F)c(C)c1)c1cc(C)ccc1Br. The van der Waals surface area contributed by atoms with Crippen LogP contribution in [0.25, 0.3) is 0 Å². The summed E-state index contributed by atoms with van der Waals surface area (Å²) in [5, 5.41) is 3.32. The van der Waals surface area contributed by atoms with E-state index in [9.17, 15) is 4.39 Å². The fourth-order valence-corrected chi connectivity index (χ4v) is 3.01. The lowest BCUT2D eigenvalue weighted by Crippen LogP contribution is -2.19. The van der Waals surface area contributed by atoms with Crippen LogP contribution in [0.3, 0.4) is 0 Å². The molecule has 0 aromatic heterocycles. The van der Waals surface area contributed by atoms with E-state index >= 15 is 0 Å². The minimum atomic E-state index is -0.119. The van der Waals surface area contributed by atoms with Crippen LogP contribution in [0, 0.1) is 26.6 Å². The molecule has 1 nitrogen and oxygen atoms in total. The molecule has 0 spiro atoms. The molecule has 0 bridgehead atoms. The van der Waals surface area contributed by atoms with Crippen LogP contribution in [-0.4, -0.2) is 7.05 Å². The quantitative estimate of drug-likeness (QED) is 0.847. The third kappa shape index (κ3) is 2.94. The third-order valence-electron chi connectivity index (χ3n) is 3.54. The number of nitrogens with one attached hydrogen (secondary N) is 1. The topological polar surface area (TPSA) is 12.0 Å². The molecule has 0 fully saturated rings. The summed E-state index contributed by atoms with van der Waals surface area (Å²) in [5.74, 6) is -0.119. The lowest BCUT2D eigenvalue weighted by Gasteiger charge is -2.21. The van der Waals surface area contributed by atoms with Crippen molar-refractivity contribution in [3.8, 4) is 0 Å². The fourth-order valence-electron chi connectivity index (χ4n) is 2.53. The van der Waals surface area contributed by atoms with Gasteiger partial charge in [-0.15, -0.1) is 0 Å². The first-order valence-corrected chi connectivity index (χ1v) is 7.43. The standard InChI is InChI=1S/C17H19BrFN/c1-10-5-6-15(18)14(7-10)17(20-4)13-8-11(2)16(19)12(3)9-13/h5-9,17,20H,1-4H3. The van der Waals surface area contributed by atoms with Gasteiger partial charge < -0.3 is 5.32 Å². The Morgan fingerprint density at radius 1 is 1.05 bits per heavy atom. The smallest absolute Gasteiger partial charge is 0.129 e. The van der Waals surface area contributed by atoms with Crippen molar-refractivity contribution in [2.24, 2.45) is 0 Å². The van der Waals surface area contributed by atoms with Gasteiger partial charge in [-0.05, 0) is 56.1 Å². The van der Waals surface area contributed by atoms with Gasteiger partial charge in [-0.3, -0.25) is 0 Å².